The molecule has 0 atom stereocenters. The first kappa shape index (κ1) is 14.9. The fourth-order valence-corrected chi connectivity index (χ4v) is 3.35. The predicted octanol–water partition coefficient (Wildman–Crippen LogP) is 5.43. The van der Waals surface area contributed by atoms with Crippen LogP contribution in [0.1, 0.15) is 21.5 Å². The number of aryl methyl sites for hydroxylation is 2. The summed E-state index contributed by atoms with van der Waals surface area (Å²) in [6.07, 6.45) is 0. The monoisotopic (exact) mass is 306 g/mol. The van der Waals surface area contributed by atoms with Gasteiger partial charge in [-0.15, -0.1) is 11.8 Å². The van der Waals surface area contributed by atoms with Crippen molar-refractivity contribution in [1.29, 1.82) is 0 Å². The summed E-state index contributed by atoms with van der Waals surface area (Å²) in [5.41, 5.74) is 3.02. The van der Waals surface area contributed by atoms with Gasteiger partial charge in [0.05, 0.1) is 5.75 Å². The molecule has 0 aliphatic heterocycles. The number of Topliss-reactive ketones (excluding diaryl/α,β-unsaturated/α-hetero) is 1. The van der Waals surface area contributed by atoms with Crippen LogP contribution in [0.4, 0.5) is 0 Å². The quantitative estimate of drug-likeness (QED) is 0.472. The Bertz CT molecular complexity index is 836. The molecule has 0 N–H and O–H groups in total. The topological polar surface area (TPSA) is 17.1 Å². The Morgan fingerprint density at radius 2 is 1.68 bits per heavy atom. The van der Waals surface area contributed by atoms with E-state index >= 15 is 0 Å². The van der Waals surface area contributed by atoms with Crippen LogP contribution < -0.4 is 0 Å². The summed E-state index contributed by atoms with van der Waals surface area (Å²) < 4.78 is 0. The van der Waals surface area contributed by atoms with Crippen LogP contribution in [0.5, 0.6) is 0 Å². The summed E-state index contributed by atoms with van der Waals surface area (Å²) in [7, 11) is 0. The highest BCUT2D eigenvalue weighted by atomic mass is 32.2. The van der Waals surface area contributed by atoms with E-state index in [1.807, 2.05) is 44.2 Å². The van der Waals surface area contributed by atoms with Crippen LogP contribution in [-0.4, -0.2) is 11.5 Å². The van der Waals surface area contributed by atoms with E-state index in [9.17, 15) is 4.79 Å². The average Bonchev–Trinajstić information content (AvgIpc) is 2.54. The fourth-order valence-electron chi connectivity index (χ4n) is 2.52. The van der Waals surface area contributed by atoms with Crippen LogP contribution >= 0.6 is 11.8 Å². The number of fused-ring (bicyclic) bond motifs is 1. The largest absolute Gasteiger partial charge is 0.293 e. The van der Waals surface area contributed by atoms with Gasteiger partial charge in [-0.1, -0.05) is 48.0 Å². The summed E-state index contributed by atoms with van der Waals surface area (Å²) >= 11 is 1.60. The zero-order chi connectivity index (χ0) is 15.5. The number of carbonyl (C=O) groups excluding carboxylic acids is 1. The van der Waals surface area contributed by atoms with Crippen molar-refractivity contribution in [3.05, 3.63) is 77.4 Å². The molecule has 0 bridgehead atoms. The van der Waals surface area contributed by atoms with Crippen molar-refractivity contribution in [3.8, 4) is 0 Å². The third-order valence-corrected chi connectivity index (χ3v) is 4.78. The van der Waals surface area contributed by atoms with Gasteiger partial charge in [0.15, 0.2) is 5.78 Å². The van der Waals surface area contributed by atoms with Gasteiger partial charge in [-0.05, 0) is 48.4 Å². The van der Waals surface area contributed by atoms with Crippen molar-refractivity contribution >= 4 is 28.3 Å². The van der Waals surface area contributed by atoms with Crippen molar-refractivity contribution in [1.82, 2.24) is 0 Å². The van der Waals surface area contributed by atoms with E-state index in [1.54, 1.807) is 11.8 Å². The molecule has 110 valence electrons. The molecule has 0 unspecified atom stereocenters. The van der Waals surface area contributed by atoms with Crippen molar-refractivity contribution < 1.29 is 4.79 Å². The Morgan fingerprint density at radius 3 is 2.50 bits per heavy atom. The molecular weight excluding hydrogens is 288 g/mol. The Balaban J connectivity index is 1.75. The summed E-state index contributed by atoms with van der Waals surface area (Å²) in [4.78, 5) is 13.6. The number of carbonyl (C=O) groups is 1. The summed E-state index contributed by atoms with van der Waals surface area (Å²) in [6, 6.07) is 20.7. The number of hydrogen-bond donors (Lipinski definition) is 0. The Hall–Kier alpha value is -2.06. The minimum absolute atomic E-state index is 0.194. The zero-order valence-corrected chi connectivity index (χ0v) is 13.6. The molecule has 3 rings (SSSR count). The molecule has 0 spiro atoms. The lowest BCUT2D eigenvalue weighted by Gasteiger charge is -2.07. The highest BCUT2D eigenvalue weighted by molar-refractivity contribution is 8.00. The van der Waals surface area contributed by atoms with Gasteiger partial charge in [-0.25, -0.2) is 0 Å². The highest BCUT2D eigenvalue weighted by Gasteiger charge is 2.10. The second-order valence-corrected chi connectivity index (χ2v) is 6.59. The molecule has 2 heteroatoms. The van der Waals surface area contributed by atoms with Gasteiger partial charge in [0.1, 0.15) is 0 Å². The third kappa shape index (κ3) is 3.23. The third-order valence-electron chi connectivity index (χ3n) is 3.78. The molecule has 0 aliphatic rings. The molecule has 0 saturated heterocycles. The van der Waals surface area contributed by atoms with Gasteiger partial charge in [0.25, 0.3) is 0 Å². The molecule has 0 aliphatic carbocycles. The average molecular weight is 306 g/mol. The Kier molecular flexibility index (Phi) is 4.30. The molecule has 0 amide bonds. The molecule has 1 nitrogen and oxygen atoms in total. The van der Waals surface area contributed by atoms with E-state index in [2.05, 4.69) is 30.3 Å². The smallest absolute Gasteiger partial charge is 0.173 e. The second kappa shape index (κ2) is 6.37. The molecule has 3 aromatic carbocycles. The van der Waals surface area contributed by atoms with Gasteiger partial charge in [0.2, 0.25) is 0 Å². The number of ketones is 1. The van der Waals surface area contributed by atoms with Gasteiger partial charge in [-0.3, -0.25) is 4.79 Å². The first-order valence-corrected chi connectivity index (χ1v) is 8.34. The standard InChI is InChI=1S/C20H18OS/c1-14-7-8-15(2)19(11-14)20(21)13-22-18-10-9-16-5-3-4-6-17(16)12-18/h3-12H,13H2,1-2H3. The van der Waals surface area contributed by atoms with E-state index in [-0.39, 0.29) is 5.78 Å². The predicted molar refractivity (Wildman–Crippen MR) is 94.9 cm³/mol. The Labute approximate surface area is 135 Å². The maximum absolute atomic E-state index is 12.4. The second-order valence-electron chi connectivity index (χ2n) is 5.54. The minimum atomic E-state index is 0.194. The van der Waals surface area contributed by atoms with E-state index in [0.29, 0.717) is 5.75 Å². The number of benzene rings is 3. The highest BCUT2D eigenvalue weighted by Crippen LogP contribution is 2.25. The lowest BCUT2D eigenvalue weighted by Crippen LogP contribution is -2.05. The van der Waals surface area contributed by atoms with Crippen molar-refractivity contribution in [2.45, 2.75) is 18.7 Å². The van der Waals surface area contributed by atoms with Crippen molar-refractivity contribution in [2.24, 2.45) is 0 Å². The lowest BCUT2D eigenvalue weighted by molar-refractivity contribution is 0.102. The molecule has 3 aromatic rings. The van der Waals surface area contributed by atoms with Crippen molar-refractivity contribution in [3.63, 3.8) is 0 Å². The maximum Gasteiger partial charge on any atom is 0.173 e. The molecule has 22 heavy (non-hydrogen) atoms. The van der Waals surface area contributed by atoms with E-state index in [1.165, 1.54) is 10.8 Å². The Morgan fingerprint density at radius 1 is 0.909 bits per heavy atom. The zero-order valence-electron chi connectivity index (χ0n) is 12.8. The molecule has 0 saturated carbocycles. The first-order valence-electron chi connectivity index (χ1n) is 7.35. The number of thioether (sulfide) groups is 1. The van der Waals surface area contributed by atoms with E-state index in [0.717, 1.165) is 21.6 Å². The molecular formula is C20H18OS. The molecule has 0 fully saturated rings. The maximum atomic E-state index is 12.4. The van der Waals surface area contributed by atoms with Crippen LogP contribution in [0, 0.1) is 13.8 Å². The van der Waals surface area contributed by atoms with Gasteiger partial charge in [-0.2, -0.15) is 0 Å². The lowest BCUT2D eigenvalue weighted by atomic mass is 10.0. The SMILES string of the molecule is Cc1ccc(C)c(C(=O)CSc2ccc3ccccc3c2)c1. The molecule has 0 heterocycles. The van der Waals surface area contributed by atoms with Gasteiger partial charge in [0, 0.05) is 10.5 Å². The molecule has 0 aromatic heterocycles. The summed E-state index contributed by atoms with van der Waals surface area (Å²) in [5, 5.41) is 2.44. The van der Waals surface area contributed by atoms with Crippen LogP contribution in [0.25, 0.3) is 10.8 Å². The first-order chi connectivity index (χ1) is 10.6. The van der Waals surface area contributed by atoms with Gasteiger partial charge < -0.3 is 0 Å². The summed E-state index contributed by atoms with van der Waals surface area (Å²) in [6.45, 7) is 4.01. The van der Waals surface area contributed by atoms with E-state index in [4.69, 9.17) is 0 Å². The fraction of sp³-hybridized carbons (Fsp3) is 0.150. The molecule has 0 radical (unpaired) electrons. The van der Waals surface area contributed by atoms with Crippen LogP contribution in [0.2, 0.25) is 0 Å². The van der Waals surface area contributed by atoms with Crippen LogP contribution in [0.15, 0.2) is 65.6 Å². The number of rotatable bonds is 4. The number of hydrogen-bond acceptors (Lipinski definition) is 2. The van der Waals surface area contributed by atoms with E-state index < -0.39 is 0 Å². The van der Waals surface area contributed by atoms with Gasteiger partial charge >= 0.3 is 0 Å². The summed E-state index contributed by atoms with van der Waals surface area (Å²) in [5.74, 6) is 0.669. The van der Waals surface area contributed by atoms with Crippen LogP contribution in [0.3, 0.4) is 0 Å². The van der Waals surface area contributed by atoms with Crippen LogP contribution in [-0.2, 0) is 0 Å². The minimum Gasteiger partial charge on any atom is -0.293 e. The van der Waals surface area contributed by atoms with Crippen molar-refractivity contribution in [2.75, 3.05) is 5.75 Å². The normalized spacial score (nSPS) is 10.8.